The molecule has 0 saturated heterocycles. The minimum atomic E-state index is -0.483. The summed E-state index contributed by atoms with van der Waals surface area (Å²) < 4.78 is 0. The number of anilines is 1. The highest BCUT2D eigenvalue weighted by Crippen LogP contribution is 2.66. The first-order chi connectivity index (χ1) is 7.64. The summed E-state index contributed by atoms with van der Waals surface area (Å²) in [6, 6.07) is 8.38. The average Bonchev–Trinajstić information content (AvgIpc) is 2.69. The molecule has 0 heterocycles. The van der Waals surface area contributed by atoms with Crippen LogP contribution in [0.5, 0.6) is 0 Å². The van der Waals surface area contributed by atoms with E-state index in [-0.39, 0.29) is 0 Å². The van der Waals surface area contributed by atoms with Crippen LogP contribution in [0.3, 0.4) is 0 Å². The zero-order valence-corrected chi connectivity index (χ0v) is 9.98. The number of nitrogens with zero attached hydrogens (tertiary/aromatic N) is 1. The van der Waals surface area contributed by atoms with Crippen molar-refractivity contribution in [1.82, 2.24) is 0 Å². The Morgan fingerprint density at radius 2 is 1.69 bits per heavy atom. The lowest BCUT2D eigenvalue weighted by Crippen LogP contribution is -2.14. The Balaban J connectivity index is 1.86. The quantitative estimate of drug-likeness (QED) is 0.822. The largest absolute Gasteiger partial charge is 0.385 e. The molecule has 2 fully saturated rings. The first kappa shape index (κ1) is 10.2. The van der Waals surface area contributed by atoms with E-state index in [1.165, 1.54) is 24.9 Å². The lowest BCUT2D eigenvalue weighted by molar-refractivity contribution is 0.105. The third-order valence-corrected chi connectivity index (χ3v) is 4.38. The maximum atomic E-state index is 10.6. The lowest BCUT2D eigenvalue weighted by Gasteiger charge is -2.17. The highest BCUT2D eigenvalue weighted by atomic mass is 16.3. The van der Waals surface area contributed by atoms with Gasteiger partial charge < -0.3 is 10.0 Å². The summed E-state index contributed by atoms with van der Waals surface area (Å²) in [7, 11) is 4.07. The standard InChI is InChI=1S/C14H19NO/c1-15(2)11-8-6-10(7-9-11)14(16)12-4-3-5-13(12)14/h6-9,12-13,16H,3-5H2,1-2H3. The first-order valence-electron chi connectivity index (χ1n) is 6.14. The topological polar surface area (TPSA) is 23.5 Å². The van der Waals surface area contributed by atoms with Crippen molar-refractivity contribution in [2.75, 3.05) is 19.0 Å². The number of benzene rings is 1. The van der Waals surface area contributed by atoms with E-state index in [1.54, 1.807) is 0 Å². The van der Waals surface area contributed by atoms with Gasteiger partial charge in [-0.25, -0.2) is 0 Å². The summed E-state index contributed by atoms with van der Waals surface area (Å²) in [4.78, 5) is 2.08. The minimum absolute atomic E-state index is 0.483. The van der Waals surface area contributed by atoms with E-state index in [2.05, 4.69) is 29.2 Å². The predicted octanol–water partition coefficient (Wildman–Crippen LogP) is 2.37. The van der Waals surface area contributed by atoms with Crippen molar-refractivity contribution in [2.45, 2.75) is 24.9 Å². The Hall–Kier alpha value is -1.02. The average molecular weight is 217 g/mol. The fraction of sp³-hybridized carbons (Fsp3) is 0.571. The molecule has 0 spiro atoms. The fourth-order valence-electron chi connectivity index (χ4n) is 3.38. The summed E-state index contributed by atoms with van der Waals surface area (Å²) in [5, 5.41) is 10.6. The van der Waals surface area contributed by atoms with Gasteiger partial charge in [-0.1, -0.05) is 18.6 Å². The molecule has 0 aromatic heterocycles. The van der Waals surface area contributed by atoms with Crippen molar-refractivity contribution < 1.29 is 5.11 Å². The van der Waals surface area contributed by atoms with Crippen LogP contribution in [0.25, 0.3) is 0 Å². The first-order valence-corrected chi connectivity index (χ1v) is 6.14. The van der Waals surface area contributed by atoms with Crippen LogP contribution in [0, 0.1) is 11.8 Å². The van der Waals surface area contributed by atoms with E-state index in [1.807, 2.05) is 14.1 Å². The van der Waals surface area contributed by atoms with E-state index < -0.39 is 5.60 Å². The molecular formula is C14H19NO. The van der Waals surface area contributed by atoms with Gasteiger partial charge in [0.1, 0.15) is 0 Å². The number of rotatable bonds is 2. The monoisotopic (exact) mass is 217 g/mol. The van der Waals surface area contributed by atoms with Gasteiger partial charge in [0.05, 0.1) is 5.60 Å². The van der Waals surface area contributed by atoms with Gasteiger partial charge in [0.15, 0.2) is 0 Å². The fourth-order valence-corrected chi connectivity index (χ4v) is 3.38. The molecule has 86 valence electrons. The third kappa shape index (κ3) is 1.23. The highest BCUT2D eigenvalue weighted by molar-refractivity contribution is 5.48. The van der Waals surface area contributed by atoms with Gasteiger partial charge in [-0.2, -0.15) is 0 Å². The Labute approximate surface area is 96.9 Å². The SMILES string of the molecule is CN(C)c1ccc(C2(O)C3CCCC32)cc1. The van der Waals surface area contributed by atoms with E-state index in [0.717, 1.165) is 5.56 Å². The second-order valence-electron chi connectivity index (χ2n) is 5.41. The Bertz CT molecular complexity index is 386. The molecule has 0 amide bonds. The molecule has 2 aliphatic rings. The van der Waals surface area contributed by atoms with Crippen LogP contribution in [0.4, 0.5) is 5.69 Å². The number of fused-ring (bicyclic) bond motifs is 1. The zero-order valence-electron chi connectivity index (χ0n) is 9.98. The summed E-state index contributed by atoms with van der Waals surface area (Å²) in [6.45, 7) is 0. The maximum absolute atomic E-state index is 10.6. The summed E-state index contributed by atoms with van der Waals surface area (Å²) in [5.41, 5.74) is 1.83. The van der Waals surface area contributed by atoms with Crippen molar-refractivity contribution in [3.8, 4) is 0 Å². The van der Waals surface area contributed by atoms with Crippen LogP contribution >= 0.6 is 0 Å². The van der Waals surface area contributed by atoms with Gasteiger partial charge >= 0.3 is 0 Å². The molecule has 0 bridgehead atoms. The summed E-state index contributed by atoms with van der Waals surface area (Å²) >= 11 is 0. The number of aliphatic hydroxyl groups is 1. The zero-order chi connectivity index (χ0) is 11.3. The van der Waals surface area contributed by atoms with E-state index in [0.29, 0.717) is 11.8 Å². The maximum Gasteiger partial charge on any atom is 0.0960 e. The third-order valence-electron chi connectivity index (χ3n) is 4.38. The van der Waals surface area contributed by atoms with Crippen molar-refractivity contribution in [1.29, 1.82) is 0 Å². The van der Waals surface area contributed by atoms with Gasteiger partial charge in [-0.05, 0) is 42.4 Å². The molecule has 2 unspecified atom stereocenters. The molecule has 2 heteroatoms. The Kier molecular flexibility index (Phi) is 2.05. The van der Waals surface area contributed by atoms with Crippen molar-refractivity contribution in [3.63, 3.8) is 0 Å². The molecule has 2 atom stereocenters. The van der Waals surface area contributed by atoms with Gasteiger partial charge in [-0.3, -0.25) is 0 Å². The molecule has 0 radical (unpaired) electrons. The minimum Gasteiger partial charge on any atom is -0.385 e. The molecule has 1 aromatic carbocycles. The number of hydrogen-bond donors (Lipinski definition) is 1. The highest BCUT2D eigenvalue weighted by Gasteiger charge is 2.66. The molecule has 2 aliphatic carbocycles. The molecule has 1 N–H and O–H groups in total. The van der Waals surface area contributed by atoms with Gasteiger partial charge in [0, 0.05) is 19.8 Å². The van der Waals surface area contributed by atoms with Crippen molar-refractivity contribution in [3.05, 3.63) is 29.8 Å². The van der Waals surface area contributed by atoms with Gasteiger partial charge in [0.25, 0.3) is 0 Å². The summed E-state index contributed by atoms with van der Waals surface area (Å²) in [6.07, 6.45) is 3.71. The molecule has 16 heavy (non-hydrogen) atoms. The van der Waals surface area contributed by atoms with E-state index >= 15 is 0 Å². The van der Waals surface area contributed by atoms with Crippen LogP contribution in [-0.4, -0.2) is 19.2 Å². The Morgan fingerprint density at radius 3 is 2.19 bits per heavy atom. The van der Waals surface area contributed by atoms with E-state index in [4.69, 9.17) is 0 Å². The lowest BCUT2D eigenvalue weighted by atomic mass is 9.99. The smallest absolute Gasteiger partial charge is 0.0960 e. The van der Waals surface area contributed by atoms with Crippen LogP contribution in [0.15, 0.2) is 24.3 Å². The van der Waals surface area contributed by atoms with Crippen LogP contribution in [-0.2, 0) is 5.60 Å². The van der Waals surface area contributed by atoms with Crippen LogP contribution in [0.2, 0.25) is 0 Å². The molecule has 2 nitrogen and oxygen atoms in total. The molecular weight excluding hydrogens is 198 g/mol. The van der Waals surface area contributed by atoms with E-state index in [9.17, 15) is 5.11 Å². The number of hydrogen-bond acceptors (Lipinski definition) is 2. The van der Waals surface area contributed by atoms with Crippen molar-refractivity contribution >= 4 is 5.69 Å². The van der Waals surface area contributed by atoms with Crippen LogP contribution in [0.1, 0.15) is 24.8 Å². The molecule has 1 aromatic rings. The van der Waals surface area contributed by atoms with Crippen LogP contribution < -0.4 is 4.90 Å². The Morgan fingerprint density at radius 1 is 1.12 bits per heavy atom. The van der Waals surface area contributed by atoms with Gasteiger partial charge in [-0.15, -0.1) is 0 Å². The predicted molar refractivity (Wildman–Crippen MR) is 65.5 cm³/mol. The second-order valence-corrected chi connectivity index (χ2v) is 5.41. The van der Waals surface area contributed by atoms with Crippen molar-refractivity contribution in [2.24, 2.45) is 11.8 Å². The molecule has 0 aliphatic heterocycles. The second kappa shape index (κ2) is 3.24. The normalized spacial score (nSPS) is 35.9. The molecule has 3 rings (SSSR count). The summed E-state index contributed by atoms with van der Waals surface area (Å²) in [5.74, 6) is 1.08. The molecule has 2 saturated carbocycles. The van der Waals surface area contributed by atoms with Gasteiger partial charge in [0.2, 0.25) is 0 Å².